The van der Waals surface area contributed by atoms with E-state index in [9.17, 15) is 31.5 Å². The Kier molecular flexibility index (Phi) is 6.31. The van der Waals surface area contributed by atoms with E-state index in [1.165, 1.54) is 24.3 Å². The highest BCUT2D eigenvalue weighted by molar-refractivity contribution is 8.02. The molecule has 2 aromatic rings. The number of ether oxygens (including phenoxy) is 1. The maximum atomic E-state index is 14.2. The van der Waals surface area contributed by atoms with E-state index in [0.29, 0.717) is 18.0 Å². The monoisotopic (exact) mass is 459 g/mol. The predicted octanol–water partition coefficient (Wildman–Crippen LogP) is 5.33. The molecule has 3 rings (SSSR count). The van der Waals surface area contributed by atoms with Gasteiger partial charge in [-0.2, -0.15) is 17.6 Å². The number of amides is 1. The number of carbonyl (C=O) groups is 2. The molecule has 10 heteroatoms. The summed E-state index contributed by atoms with van der Waals surface area (Å²) in [7, 11) is 1.08. The van der Waals surface area contributed by atoms with E-state index < -0.39 is 51.8 Å². The molecular weight excluding hydrogens is 441 g/mol. The number of benzene rings is 2. The summed E-state index contributed by atoms with van der Waals surface area (Å²) in [6.45, 7) is 0.970. The van der Waals surface area contributed by atoms with Gasteiger partial charge in [-0.3, -0.25) is 9.59 Å². The smallest absolute Gasteiger partial charge is 0.403 e. The van der Waals surface area contributed by atoms with Crippen molar-refractivity contribution in [1.29, 1.82) is 0 Å². The molecule has 166 valence electrons. The van der Waals surface area contributed by atoms with Gasteiger partial charge in [0.1, 0.15) is 11.0 Å². The third-order valence-corrected chi connectivity index (χ3v) is 6.91. The number of rotatable bonds is 5. The standard InChI is InChI=1S/C21H18F5NO3S/c1-20(21(24,25)26)9-14(13-6-7-15(22)16(23)17(13)30-2)18(31-20)19(29)27-12-5-3-4-11(8-12)10-28/h3-8,10,14,18H,9H2,1-2H3,(H,27,29)/t14-,18+,20+/m0/s1. The van der Waals surface area contributed by atoms with Crippen molar-refractivity contribution in [3.63, 3.8) is 0 Å². The van der Waals surface area contributed by atoms with E-state index in [4.69, 9.17) is 4.74 Å². The van der Waals surface area contributed by atoms with Crippen LogP contribution in [0.4, 0.5) is 27.6 Å². The molecule has 0 unspecified atom stereocenters. The van der Waals surface area contributed by atoms with Gasteiger partial charge in [-0.1, -0.05) is 18.2 Å². The Bertz CT molecular complexity index is 1010. The molecule has 0 bridgehead atoms. The lowest BCUT2D eigenvalue weighted by Crippen LogP contribution is -2.37. The number of hydrogen-bond donors (Lipinski definition) is 1. The zero-order chi connectivity index (χ0) is 23.0. The van der Waals surface area contributed by atoms with Crippen LogP contribution in [0.1, 0.15) is 35.2 Å². The Balaban J connectivity index is 2.02. The Morgan fingerprint density at radius 2 is 1.97 bits per heavy atom. The van der Waals surface area contributed by atoms with Crippen LogP contribution in [0.25, 0.3) is 0 Å². The number of nitrogens with one attached hydrogen (secondary N) is 1. The van der Waals surface area contributed by atoms with Gasteiger partial charge in [0.2, 0.25) is 11.7 Å². The third-order valence-electron chi connectivity index (χ3n) is 5.19. The van der Waals surface area contributed by atoms with Crippen LogP contribution in [0.2, 0.25) is 0 Å². The van der Waals surface area contributed by atoms with Crippen LogP contribution in [0.3, 0.4) is 0 Å². The van der Waals surface area contributed by atoms with Crippen LogP contribution in [0.15, 0.2) is 36.4 Å². The highest BCUT2D eigenvalue weighted by Gasteiger charge is 2.60. The summed E-state index contributed by atoms with van der Waals surface area (Å²) < 4.78 is 71.8. The van der Waals surface area contributed by atoms with Crippen molar-refractivity contribution >= 4 is 29.6 Å². The normalized spacial score (nSPS) is 23.5. The third kappa shape index (κ3) is 4.39. The van der Waals surface area contributed by atoms with Gasteiger partial charge >= 0.3 is 6.18 Å². The number of hydrogen-bond acceptors (Lipinski definition) is 4. The Morgan fingerprint density at radius 1 is 1.26 bits per heavy atom. The fourth-order valence-corrected chi connectivity index (χ4v) is 5.12. The van der Waals surface area contributed by atoms with E-state index in [-0.39, 0.29) is 16.8 Å². The van der Waals surface area contributed by atoms with E-state index >= 15 is 0 Å². The molecule has 1 N–H and O–H groups in total. The summed E-state index contributed by atoms with van der Waals surface area (Å²) in [5, 5.41) is 1.24. The zero-order valence-corrected chi connectivity index (χ0v) is 17.2. The summed E-state index contributed by atoms with van der Waals surface area (Å²) in [4.78, 5) is 23.9. The molecule has 0 spiro atoms. The van der Waals surface area contributed by atoms with Crippen LogP contribution < -0.4 is 10.1 Å². The highest BCUT2D eigenvalue weighted by atomic mass is 32.2. The molecule has 0 aliphatic carbocycles. The molecule has 1 aliphatic heterocycles. The van der Waals surface area contributed by atoms with Crippen molar-refractivity contribution in [3.05, 3.63) is 59.2 Å². The maximum Gasteiger partial charge on any atom is 0.403 e. The molecule has 1 heterocycles. The molecule has 31 heavy (non-hydrogen) atoms. The summed E-state index contributed by atoms with van der Waals surface area (Å²) in [6.07, 6.45) is -4.61. The minimum Gasteiger partial charge on any atom is -0.493 e. The molecule has 1 fully saturated rings. The lowest BCUT2D eigenvalue weighted by Gasteiger charge is -2.26. The van der Waals surface area contributed by atoms with Gasteiger partial charge in [0.15, 0.2) is 11.6 Å². The van der Waals surface area contributed by atoms with Crippen molar-refractivity contribution in [2.45, 2.75) is 35.4 Å². The number of halogens is 5. The van der Waals surface area contributed by atoms with E-state index in [0.717, 1.165) is 26.2 Å². The van der Waals surface area contributed by atoms with Gasteiger partial charge in [0, 0.05) is 22.7 Å². The maximum absolute atomic E-state index is 14.2. The number of carbonyl (C=O) groups excluding carboxylic acids is 2. The SMILES string of the molecule is COc1c([C@@H]2C[C@](C)(C(F)(F)F)S[C@H]2C(=O)Nc2cccc(C=O)c2)ccc(F)c1F. The van der Waals surface area contributed by atoms with Gasteiger partial charge in [0.25, 0.3) is 0 Å². The Morgan fingerprint density at radius 3 is 2.58 bits per heavy atom. The number of thioether (sulfide) groups is 1. The molecule has 1 amide bonds. The highest BCUT2D eigenvalue weighted by Crippen LogP contribution is 2.59. The van der Waals surface area contributed by atoms with Crippen LogP contribution in [-0.4, -0.2) is 35.5 Å². The second-order valence-corrected chi connectivity index (χ2v) is 8.94. The number of alkyl halides is 3. The minimum atomic E-state index is -4.64. The van der Waals surface area contributed by atoms with Gasteiger partial charge in [-0.05, 0) is 31.5 Å². The number of aldehydes is 1. The first-order valence-corrected chi connectivity index (χ1v) is 10.0. The van der Waals surface area contributed by atoms with Crippen molar-refractivity contribution in [1.82, 2.24) is 0 Å². The fraction of sp³-hybridized carbons (Fsp3) is 0.333. The lowest BCUT2D eigenvalue weighted by molar-refractivity contribution is -0.155. The van der Waals surface area contributed by atoms with Crippen LogP contribution in [0.5, 0.6) is 5.75 Å². The number of anilines is 1. The summed E-state index contributed by atoms with van der Waals surface area (Å²) in [5.41, 5.74) is 0.478. The first kappa shape index (κ1) is 23.1. The lowest BCUT2D eigenvalue weighted by atomic mass is 9.85. The van der Waals surface area contributed by atoms with E-state index in [1.54, 1.807) is 0 Å². The van der Waals surface area contributed by atoms with Crippen molar-refractivity contribution in [2.75, 3.05) is 12.4 Å². The largest absolute Gasteiger partial charge is 0.493 e. The fourth-order valence-electron chi connectivity index (χ4n) is 3.58. The van der Waals surface area contributed by atoms with Gasteiger partial charge < -0.3 is 10.1 Å². The van der Waals surface area contributed by atoms with Crippen LogP contribution in [-0.2, 0) is 4.79 Å². The van der Waals surface area contributed by atoms with Crippen molar-refractivity contribution in [3.8, 4) is 5.75 Å². The average molecular weight is 459 g/mol. The topological polar surface area (TPSA) is 55.4 Å². The van der Waals surface area contributed by atoms with Gasteiger partial charge in [-0.25, -0.2) is 4.39 Å². The molecule has 4 nitrogen and oxygen atoms in total. The molecule has 2 aromatic carbocycles. The minimum absolute atomic E-state index is 0.0244. The predicted molar refractivity (Wildman–Crippen MR) is 107 cm³/mol. The summed E-state index contributed by atoms with van der Waals surface area (Å²) in [6, 6.07) is 7.81. The van der Waals surface area contributed by atoms with Crippen LogP contribution in [0, 0.1) is 11.6 Å². The summed E-state index contributed by atoms with van der Waals surface area (Å²) >= 11 is 0.411. The molecule has 0 radical (unpaired) electrons. The van der Waals surface area contributed by atoms with E-state index in [1.807, 2.05) is 0 Å². The molecule has 1 aliphatic rings. The van der Waals surface area contributed by atoms with Crippen molar-refractivity contribution in [2.24, 2.45) is 0 Å². The molecule has 0 aromatic heterocycles. The Labute approximate surface area is 179 Å². The van der Waals surface area contributed by atoms with Crippen molar-refractivity contribution < 1.29 is 36.3 Å². The summed E-state index contributed by atoms with van der Waals surface area (Å²) in [5.74, 6) is -4.92. The first-order chi connectivity index (χ1) is 14.5. The second-order valence-electron chi connectivity index (χ2n) is 7.29. The zero-order valence-electron chi connectivity index (χ0n) is 16.4. The second kappa shape index (κ2) is 8.49. The average Bonchev–Trinajstić information content (AvgIpc) is 3.09. The molecule has 3 atom stereocenters. The Hall–Kier alpha value is -2.62. The molecular formula is C21H18F5NO3S. The quantitative estimate of drug-likeness (QED) is 0.485. The van der Waals surface area contributed by atoms with Gasteiger partial charge in [-0.15, -0.1) is 11.8 Å². The van der Waals surface area contributed by atoms with E-state index in [2.05, 4.69) is 5.32 Å². The molecule has 1 saturated heterocycles. The van der Waals surface area contributed by atoms with Gasteiger partial charge in [0.05, 0.1) is 12.4 Å². The molecule has 0 saturated carbocycles. The van der Waals surface area contributed by atoms with Crippen LogP contribution >= 0.6 is 11.8 Å². The number of methoxy groups -OCH3 is 1. The first-order valence-electron chi connectivity index (χ1n) is 9.13.